The number of rotatable bonds is 9. The summed E-state index contributed by atoms with van der Waals surface area (Å²) in [5.41, 5.74) is 2.19. The molecule has 2 N–H and O–H groups in total. The van der Waals surface area contributed by atoms with Crippen LogP contribution in [0.15, 0.2) is 36.5 Å². The molecule has 0 saturated carbocycles. The average molecular weight is 303 g/mol. The van der Waals surface area contributed by atoms with E-state index in [4.69, 9.17) is 10.2 Å². The predicted octanol–water partition coefficient (Wildman–Crippen LogP) is 1.35. The molecule has 0 fully saturated rings. The van der Waals surface area contributed by atoms with Gasteiger partial charge in [-0.05, 0) is 18.6 Å². The summed E-state index contributed by atoms with van der Waals surface area (Å²) >= 11 is 0. The van der Waals surface area contributed by atoms with E-state index in [1.807, 2.05) is 30.5 Å². The Morgan fingerprint density at radius 2 is 1.68 bits per heavy atom. The number of hydrogen-bond acceptors (Lipinski definition) is 5. The molecule has 2 rings (SSSR count). The van der Waals surface area contributed by atoms with Crippen molar-refractivity contribution >= 4 is 16.6 Å². The van der Waals surface area contributed by atoms with Crippen molar-refractivity contribution in [3.8, 4) is 0 Å². The largest absolute Gasteiger partial charge is 0.395 e. The van der Waals surface area contributed by atoms with Crippen LogP contribution < -0.4 is 4.90 Å². The Morgan fingerprint density at radius 3 is 2.41 bits per heavy atom. The SMILES string of the molecule is CN(CCCN(CCO)CCO)c1ccnc2ccccc12. The fourth-order valence-electron chi connectivity index (χ4n) is 2.68. The third-order valence-electron chi connectivity index (χ3n) is 3.84. The van der Waals surface area contributed by atoms with Crippen molar-refractivity contribution in [1.29, 1.82) is 0 Å². The zero-order valence-corrected chi connectivity index (χ0v) is 13.1. The van der Waals surface area contributed by atoms with Gasteiger partial charge in [-0.3, -0.25) is 9.88 Å². The van der Waals surface area contributed by atoms with Gasteiger partial charge in [-0.2, -0.15) is 0 Å². The topological polar surface area (TPSA) is 59.8 Å². The highest BCUT2D eigenvalue weighted by atomic mass is 16.3. The predicted molar refractivity (Wildman–Crippen MR) is 90.2 cm³/mol. The van der Waals surface area contributed by atoms with Gasteiger partial charge in [-0.1, -0.05) is 18.2 Å². The smallest absolute Gasteiger partial charge is 0.0722 e. The Bertz CT molecular complexity index is 565. The van der Waals surface area contributed by atoms with Gasteiger partial charge < -0.3 is 15.1 Å². The molecule has 0 saturated heterocycles. The molecule has 0 amide bonds. The van der Waals surface area contributed by atoms with Gasteiger partial charge in [0.25, 0.3) is 0 Å². The minimum Gasteiger partial charge on any atom is -0.395 e. The van der Waals surface area contributed by atoms with Crippen LogP contribution in [-0.2, 0) is 0 Å². The Hall–Kier alpha value is -1.69. The van der Waals surface area contributed by atoms with Crippen LogP contribution in [0.4, 0.5) is 5.69 Å². The first-order valence-corrected chi connectivity index (χ1v) is 7.75. The second kappa shape index (κ2) is 8.68. The zero-order chi connectivity index (χ0) is 15.8. The van der Waals surface area contributed by atoms with Gasteiger partial charge in [0.1, 0.15) is 0 Å². The van der Waals surface area contributed by atoms with Crippen LogP contribution in [0.25, 0.3) is 10.9 Å². The molecule has 22 heavy (non-hydrogen) atoms. The van der Waals surface area contributed by atoms with E-state index in [1.165, 1.54) is 5.69 Å². The molecular formula is C17H25N3O2. The average Bonchev–Trinajstić information content (AvgIpc) is 2.54. The minimum absolute atomic E-state index is 0.130. The van der Waals surface area contributed by atoms with Crippen molar-refractivity contribution in [2.45, 2.75) is 6.42 Å². The van der Waals surface area contributed by atoms with E-state index in [9.17, 15) is 0 Å². The number of benzene rings is 1. The van der Waals surface area contributed by atoms with Gasteiger partial charge in [0.15, 0.2) is 0 Å². The Balaban J connectivity index is 1.95. The Morgan fingerprint density at radius 1 is 0.955 bits per heavy atom. The Labute approximate surface area is 131 Å². The second-order valence-electron chi connectivity index (χ2n) is 5.41. The summed E-state index contributed by atoms with van der Waals surface area (Å²) in [5, 5.41) is 19.2. The number of anilines is 1. The normalized spacial score (nSPS) is 11.3. The maximum Gasteiger partial charge on any atom is 0.0722 e. The fraction of sp³-hybridized carbons (Fsp3) is 0.471. The third kappa shape index (κ3) is 4.40. The van der Waals surface area contributed by atoms with Crippen molar-refractivity contribution in [2.24, 2.45) is 0 Å². The standard InChI is InChI=1S/C17H25N3O2/c1-19(9-4-10-20(11-13-21)12-14-22)17-7-8-18-16-6-3-2-5-15(16)17/h2-3,5-8,21-22H,4,9-14H2,1H3. The summed E-state index contributed by atoms with van der Waals surface area (Å²) < 4.78 is 0. The van der Waals surface area contributed by atoms with E-state index >= 15 is 0 Å². The van der Waals surface area contributed by atoms with E-state index < -0.39 is 0 Å². The summed E-state index contributed by atoms with van der Waals surface area (Å²) in [6, 6.07) is 10.2. The molecule has 1 aromatic carbocycles. The summed E-state index contributed by atoms with van der Waals surface area (Å²) in [5.74, 6) is 0. The molecule has 2 aromatic rings. The van der Waals surface area contributed by atoms with Crippen molar-refractivity contribution in [3.05, 3.63) is 36.5 Å². The highest BCUT2D eigenvalue weighted by Gasteiger charge is 2.08. The molecule has 0 aliphatic rings. The lowest BCUT2D eigenvalue weighted by molar-refractivity contribution is 0.160. The first-order chi connectivity index (χ1) is 10.8. The first kappa shape index (κ1) is 16.7. The van der Waals surface area contributed by atoms with Gasteiger partial charge in [0.05, 0.1) is 18.7 Å². The Kier molecular flexibility index (Phi) is 6.58. The number of para-hydroxylation sites is 1. The third-order valence-corrected chi connectivity index (χ3v) is 3.84. The van der Waals surface area contributed by atoms with Crippen LogP contribution in [0, 0.1) is 0 Å². The lowest BCUT2D eigenvalue weighted by Crippen LogP contribution is -2.32. The molecular weight excluding hydrogens is 278 g/mol. The molecule has 0 radical (unpaired) electrons. The quantitative estimate of drug-likeness (QED) is 0.732. The monoisotopic (exact) mass is 303 g/mol. The lowest BCUT2D eigenvalue weighted by atomic mass is 10.1. The fourth-order valence-corrected chi connectivity index (χ4v) is 2.68. The van der Waals surface area contributed by atoms with Crippen molar-refractivity contribution in [1.82, 2.24) is 9.88 Å². The highest BCUT2D eigenvalue weighted by molar-refractivity contribution is 5.91. The van der Waals surface area contributed by atoms with E-state index in [0.717, 1.165) is 30.4 Å². The number of aromatic nitrogens is 1. The first-order valence-electron chi connectivity index (χ1n) is 7.75. The van der Waals surface area contributed by atoms with Crippen molar-refractivity contribution < 1.29 is 10.2 Å². The number of hydrogen-bond donors (Lipinski definition) is 2. The molecule has 1 aromatic heterocycles. The van der Waals surface area contributed by atoms with Gasteiger partial charge >= 0.3 is 0 Å². The number of aliphatic hydroxyl groups is 2. The van der Waals surface area contributed by atoms with E-state index in [0.29, 0.717) is 13.1 Å². The molecule has 0 spiro atoms. The van der Waals surface area contributed by atoms with Crippen LogP contribution in [0.5, 0.6) is 0 Å². The maximum absolute atomic E-state index is 9.03. The highest BCUT2D eigenvalue weighted by Crippen LogP contribution is 2.24. The number of fused-ring (bicyclic) bond motifs is 1. The van der Waals surface area contributed by atoms with Crippen molar-refractivity contribution in [2.75, 3.05) is 51.3 Å². The number of aliphatic hydroxyl groups excluding tert-OH is 2. The molecule has 120 valence electrons. The summed E-state index contributed by atoms with van der Waals surface area (Å²) in [4.78, 5) is 8.71. The van der Waals surface area contributed by atoms with Crippen LogP contribution in [0.3, 0.4) is 0 Å². The van der Waals surface area contributed by atoms with Crippen LogP contribution in [0.1, 0.15) is 6.42 Å². The van der Waals surface area contributed by atoms with Gasteiger partial charge in [-0.25, -0.2) is 0 Å². The summed E-state index contributed by atoms with van der Waals surface area (Å²) in [6.45, 7) is 3.27. The van der Waals surface area contributed by atoms with E-state index in [2.05, 4.69) is 27.9 Å². The lowest BCUT2D eigenvalue weighted by Gasteiger charge is -2.24. The molecule has 0 aliphatic carbocycles. The summed E-state index contributed by atoms with van der Waals surface area (Å²) in [7, 11) is 2.09. The molecule has 0 unspecified atom stereocenters. The zero-order valence-electron chi connectivity index (χ0n) is 13.1. The number of pyridine rings is 1. The molecule has 0 atom stereocenters. The van der Waals surface area contributed by atoms with Gasteiger partial charge in [0.2, 0.25) is 0 Å². The molecule has 5 heteroatoms. The number of nitrogens with zero attached hydrogens (tertiary/aromatic N) is 3. The molecule has 1 heterocycles. The van der Waals surface area contributed by atoms with Crippen molar-refractivity contribution in [3.63, 3.8) is 0 Å². The minimum atomic E-state index is 0.130. The van der Waals surface area contributed by atoms with Crippen LogP contribution >= 0.6 is 0 Å². The van der Waals surface area contributed by atoms with E-state index in [-0.39, 0.29) is 13.2 Å². The molecule has 0 aliphatic heterocycles. The maximum atomic E-state index is 9.03. The molecule has 0 bridgehead atoms. The van der Waals surface area contributed by atoms with Gasteiger partial charge in [-0.15, -0.1) is 0 Å². The second-order valence-corrected chi connectivity index (χ2v) is 5.41. The molecule has 5 nitrogen and oxygen atoms in total. The van der Waals surface area contributed by atoms with E-state index in [1.54, 1.807) is 0 Å². The summed E-state index contributed by atoms with van der Waals surface area (Å²) in [6.07, 6.45) is 2.82. The van der Waals surface area contributed by atoms with Crippen LogP contribution in [-0.4, -0.2) is 66.5 Å². The van der Waals surface area contributed by atoms with Gasteiger partial charge in [0, 0.05) is 50.5 Å². The van der Waals surface area contributed by atoms with Crippen LogP contribution in [0.2, 0.25) is 0 Å².